The van der Waals surface area contributed by atoms with Crippen molar-refractivity contribution in [3.05, 3.63) is 125 Å². The fourth-order valence-electron chi connectivity index (χ4n) is 3.73. The second-order valence-electron chi connectivity index (χ2n) is 8.14. The highest BCUT2D eigenvalue weighted by molar-refractivity contribution is 6.06. The average molecular weight is 481 g/mol. The van der Waals surface area contributed by atoms with Gasteiger partial charge in [-0.2, -0.15) is 0 Å². The number of aromatic hydroxyl groups is 3. The van der Waals surface area contributed by atoms with Gasteiger partial charge in [0.1, 0.15) is 34.7 Å². The van der Waals surface area contributed by atoms with Crippen LogP contribution in [-0.2, 0) is 0 Å². The maximum absolute atomic E-state index is 12.1. The van der Waals surface area contributed by atoms with E-state index in [1.54, 1.807) is 18.2 Å². The Morgan fingerprint density at radius 3 is 2.11 bits per heavy atom. The zero-order valence-electron chi connectivity index (χ0n) is 19.2. The number of Topliss-reactive ketones (excluding diaryl/α,β-unsaturated/α-hetero) is 1. The number of ketones is 2. The quantitative estimate of drug-likeness (QED) is 0.241. The summed E-state index contributed by atoms with van der Waals surface area (Å²) in [6.07, 6.45) is 3.02. The van der Waals surface area contributed by atoms with Gasteiger partial charge in [-0.05, 0) is 29.3 Å². The molecule has 0 aromatic heterocycles. The van der Waals surface area contributed by atoms with Crippen LogP contribution in [0, 0.1) is 0 Å². The topological polar surface area (TPSA) is 104 Å². The lowest BCUT2D eigenvalue weighted by atomic mass is 9.95. The van der Waals surface area contributed by atoms with Gasteiger partial charge in [0, 0.05) is 17.7 Å². The predicted octanol–water partition coefficient (Wildman–Crippen LogP) is 6.09. The number of ether oxygens (including phenoxy) is 1. The van der Waals surface area contributed by atoms with Gasteiger partial charge in [0.15, 0.2) is 11.6 Å². The van der Waals surface area contributed by atoms with Crippen molar-refractivity contribution >= 4 is 17.6 Å². The van der Waals surface area contributed by atoms with Gasteiger partial charge in [-0.15, -0.1) is 0 Å². The van der Waals surface area contributed by atoms with Gasteiger partial charge in [0.05, 0.1) is 6.42 Å². The van der Waals surface area contributed by atoms with Gasteiger partial charge in [0.2, 0.25) is 0 Å². The van der Waals surface area contributed by atoms with Crippen LogP contribution in [-0.4, -0.2) is 26.9 Å². The maximum atomic E-state index is 12.1. The number of allylic oxidation sites excluding steroid dienone is 1. The second kappa shape index (κ2) is 11.1. The third-order valence-electron chi connectivity index (χ3n) is 5.53. The Bertz CT molecular complexity index is 1380. The van der Waals surface area contributed by atoms with Crippen molar-refractivity contribution in [3.8, 4) is 23.0 Å². The van der Waals surface area contributed by atoms with E-state index in [2.05, 4.69) is 0 Å². The second-order valence-corrected chi connectivity index (χ2v) is 8.14. The van der Waals surface area contributed by atoms with Gasteiger partial charge < -0.3 is 20.1 Å². The number of phenolic OH excluding ortho intramolecular Hbond substituents is 3. The zero-order chi connectivity index (χ0) is 25.5. The molecule has 0 saturated heterocycles. The summed E-state index contributed by atoms with van der Waals surface area (Å²) in [7, 11) is 0. The zero-order valence-corrected chi connectivity index (χ0v) is 19.2. The summed E-state index contributed by atoms with van der Waals surface area (Å²) < 4.78 is 5.67. The number of fused-ring (bicyclic) bond motifs is 1. The number of rotatable bonds is 4. The molecule has 0 aliphatic carbocycles. The monoisotopic (exact) mass is 480 g/mol. The lowest BCUT2D eigenvalue weighted by Gasteiger charge is -2.26. The molecule has 1 aliphatic heterocycles. The van der Waals surface area contributed by atoms with E-state index >= 15 is 0 Å². The Hall–Kier alpha value is -4.84. The molecule has 3 N–H and O–H groups in total. The molecule has 0 fully saturated rings. The van der Waals surface area contributed by atoms with Crippen LogP contribution < -0.4 is 4.74 Å². The average Bonchev–Trinajstić information content (AvgIpc) is 2.88. The molecule has 5 rings (SSSR count). The van der Waals surface area contributed by atoms with E-state index in [-0.39, 0.29) is 46.5 Å². The first-order valence-corrected chi connectivity index (χ1v) is 11.3. The fraction of sp³-hybridized carbons (Fsp3) is 0.0667. The van der Waals surface area contributed by atoms with Crippen molar-refractivity contribution in [2.45, 2.75) is 12.5 Å². The number of benzene rings is 4. The number of carbonyl (C=O) groups is 2. The third-order valence-corrected chi connectivity index (χ3v) is 5.53. The summed E-state index contributed by atoms with van der Waals surface area (Å²) in [5.74, 6) is -0.371. The van der Waals surface area contributed by atoms with Gasteiger partial charge >= 0.3 is 0 Å². The summed E-state index contributed by atoms with van der Waals surface area (Å²) in [6.45, 7) is 0. The van der Waals surface area contributed by atoms with Crippen LogP contribution in [0.3, 0.4) is 0 Å². The fourth-order valence-corrected chi connectivity index (χ4v) is 3.73. The van der Waals surface area contributed by atoms with E-state index in [4.69, 9.17) is 4.74 Å². The minimum Gasteiger partial charge on any atom is -0.508 e. The molecular formula is C30H24O6. The molecule has 1 atom stereocenters. The van der Waals surface area contributed by atoms with E-state index in [9.17, 15) is 24.9 Å². The SMILES string of the molecule is O=C(C=Cc1ccccc1)c1ccccc1.O=C1C[C@@H](c2ccc(O)cc2)Oc2cc(O)cc(O)c21. The molecule has 0 bridgehead atoms. The number of hydrogen-bond acceptors (Lipinski definition) is 6. The summed E-state index contributed by atoms with van der Waals surface area (Å²) in [4.78, 5) is 23.8. The Balaban J connectivity index is 0.000000174. The highest BCUT2D eigenvalue weighted by Crippen LogP contribution is 2.41. The minimum absolute atomic E-state index is 0.0319. The van der Waals surface area contributed by atoms with Crippen LogP contribution in [0.2, 0.25) is 0 Å². The van der Waals surface area contributed by atoms with Gasteiger partial charge in [-0.3, -0.25) is 9.59 Å². The third kappa shape index (κ3) is 5.98. The van der Waals surface area contributed by atoms with E-state index in [0.29, 0.717) is 0 Å². The largest absolute Gasteiger partial charge is 0.508 e. The number of carbonyl (C=O) groups excluding carboxylic acids is 2. The van der Waals surface area contributed by atoms with Crippen molar-refractivity contribution in [2.75, 3.05) is 0 Å². The Morgan fingerprint density at radius 2 is 1.44 bits per heavy atom. The lowest BCUT2D eigenvalue weighted by molar-refractivity contribution is 0.0844. The smallest absolute Gasteiger partial charge is 0.185 e. The first kappa shape index (κ1) is 24.3. The van der Waals surface area contributed by atoms with E-state index in [1.807, 2.05) is 66.7 Å². The minimum atomic E-state index is -0.503. The van der Waals surface area contributed by atoms with E-state index in [1.165, 1.54) is 18.2 Å². The Kier molecular flexibility index (Phi) is 7.46. The molecule has 4 aromatic carbocycles. The lowest BCUT2D eigenvalue weighted by Crippen LogP contribution is -2.20. The maximum Gasteiger partial charge on any atom is 0.185 e. The van der Waals surface area contributed by atoms with E-state index in [0.717, 1.165) is 22.8 Å². The highest BCUT2D eigenvalue weighted by atomic mass is 16.5. The molecule has 6 nitrogen and oxygen atoms in total. The van der Waals surface area contributed by atoms with Crippen molar-refractivity contribution in [2.24, 2.45) is 0 Å². The normalized spacial score (nSPS) is 14.3. The summed E-state index contributed by atoms with van der Waals surface area (Å²) in [6, 6.07) is 27.8. The molecule has 180 valence electrons. The first-order chi connectivity index (χ1) is 17.4. The Labute approximate surface area is 208 Å². The standard InChI is InChI=1S/C15H12O5.C15H12O/c16-9-3-1-8(2-4-9)13-7-12(19)15-11(18)5-10(17)6-14(15)20-13;16-15(14-9-5-2-6-10-14)12-11-13-7-3-1-4-8-13/h1-6,13,16-18H,7H2;1-12H/t13-;/m0./s1. The summed E-state index contributed by atoms with van der Waals surface area (Å²) in [5.41, 5.74) is 2.59. The van der Waals surface area contributed by atoms with Crippen LogP contribution in [0.5, 0.6) is 23.0 Å². The molecule has 0 unspecified atom stereocenters. The van der Waals surface area contributed by atoms with Crippen molar-refractivity contribution in [1.82, 2.24) is 0 Å². The molecule has 0 spiro atoms. The number of hydrogen-bond donors (Lipinski definition) is 3. The molecular weight excluding hydrogens is 456 g/mol. The summed E-state index contributed by atoms with van der Waals surface area (Å²) >= 11 is 0. The number of phenols is 3. The van der Waals surface area contributed by atoms with Crippen molar-refractivity contribution in [3.63, 3.8) is 0 Å². The van der Waals surface area contributed by atoms with Crippen molar-refractivity contribution < 1.29 is 29.6 Å². The molecule has 36 heavy (non-hydrogen) atoms. The molecule has 1 aliphatic rings. The first-order valence-electron chi connectivity index (χ1n) is 11.3. The molecule has 6 heteroatoms. The highest BCUT2D eigenvalue weighted by Gasteiger charge is 2.30. The van der Waals surface area contributed by atoms with E-state index < -0.39 is 6.10 Å². The molecule has 0 amide bonds. The van der Waals surface area contributed by atoms with Crippen LogP contribution in [0.25, 0.3) is 6.08 Å². The van der Waals surface area contributed by atoms with Gasteiger partial charge in [0.25, 0.3) is 0 Å². The van der Waals surface area contributed by atoms with Crippen molar-refractivity contribution in [1.29, 1.82) is 0 Å². The summed E-state index contributed by atoms with van der Waals surface area (Å²) in [5, 5.41) is 28.4. The van der Waals surface area contributed by atoms with Crippen LogP contribution in [0.15, 0.2) is 103 Å². The predicted molar refractivity (Wildman–Crippen MR) is 136 cm³/mol. The Morgan fingerprint density at radius 1 is 0.806 bits per heavy atom. The van der Waals surface area contributed by atoms with Crippen LogP contribution >= 0.6 is 0 Å². The molecule has 4 aromatic rings. The molecule has 1 heterocycles. The van der Waals surface area contributed by atoms with Crippen LogP contribution in [0.1, 0.15) is 44.4 Å². The molecule has 0 saturated carbocycles. The molecule has 0 radical (unpaired) electrons. The van der Waals surface area contributed by atoms with Crippen LogP contribution in [0.4, 0.5) is 0 Å². The van der Waals surface area contributed by atoms with Gasteiger partial charge in [-0.25, -0.2) is 0 Å². The van der Waals surface area contributed by atoms with Gasteiger partial charge in [-0.1, -0.05) is 78.9 Å².